The van der Waals surface area contributed by atoms with Crippen LogP contribution in [0, 0.1) is 13.8 Å². The van der Waals surface area contributed by atoms with Gasteiger partial charge >= 0.3 is 0 Å². The molecule has 3 heterocycles. The minimum atomic E-state index is -0.355. The van der Waals surface area contributed by atoms with E-state index in [-0.39, 0.29) is 11.9 Å². The molecule has 0 saturated carbocycles. The van der Waals surface area contributed by atoms with E-state index in [1.807, 2.05) is 56.5 Å². The molecule has 0 radical (unpaired) electrons. The number of carbonyl (C=O) groups excluding carboxylic acids is 1. The van der Waals surface area contributed by atoms with Gasteiger partial charge in [-0.2, -0.15) is 4.68 Å². The molecule has 1 aliphatic rings. The van der Waals surface area contributed by atoms with Gasteiger partial charge < -0.3 is 10.6 Å². The van der Waals surface area contributed by atoms with Crippen molar-refractivity contribution in [2.24, 2.45) is 0 Å². The van der Waals surface area contributed by atoms with Crippen LogP contribution in [0.2, 0.25) is 0 Å². The normalized spacial score (nSPS) is 16.2. The van der Waals surface area contributed by atoms with E-state index in [4.69, 9.17) is 0 Å². The predicted molar refractivity (Wildman–Crippen MR) is 101 cm³/mol. The van der Waals surface area contributed by atoms with Crippen LogP contribution in [0.4, 0.5) is 11.6 Å². The second kappa shape index (κ2) is 6.38. The van der Waals surface area contributed by atoms with E-state index < -0.39 is 0 Å². The number of thiophene rings is 1. The van der Waals surface area contributed by atoms with Crippen LogP contribution >= 0.6 is 11.3 Å². The molecule has 1 atom stereocenters. The quantitative estimate of drug-likeness (QED) is 0.743. The third-order valence-corrected chi connectivity index (χ3v) is 5.49. The van der Waals surface area contributed by atoms with Crippen molar-refractivity contribution in [3.05, 3.63) is 63.0 Å². The Balaban J connectivity index is 1.75. The first-order valence-electron chi connectivity index (χ1n) is 8.22. The van der Waals surface area contributed by atoms with Gasteiger partial charge in [-0.15, -0.1) is 11.3 Å². The fourth-order valence-corrected chi connectivity index (χ4v) is 4.07. The molecule has 4 rings (SSSR count). The van der Waals surface area contributed by atoms with Crippen LogP contribution in [0.3, 0.4) is 0 Å². The number of nitrogens with one attached hydrogen (secondary N) is 2. The summed E-state index contributed by atoms with van der Waals surface area (Å²) in [4.78, 5) is 14.2. The molecule has 8 heteroatoms. The molecule has 1 aromatic carbocycles. The van der Waals surface area contributed by atoms with Gasteiger partial charge in [-0.3, -0.25) is 4.79 Å². The molecule has 1 amide bonds. The zero-order valence-corrected chi connectivity index (χ0v) is 15.5. The molecule has 132 valence electrons. The molecule has 0 spiro atoms. The van der Waals surface area contributed by atoms with Crippen molar-refractivity contribution in [2.75, 3.05) is 10.6 Å². The lowest BCUT2D eigenvalue weighted by molar-refractivity contribution is -0.113. The fraction of sp³-hybridized carbons (Fsp3) is 0.222. The summed E-state index contributed by atoms with van der Waals surface area (Å²) in [6.45, 7) is 5.92. The molecule has 2 aromatic heterocycles. The highest BCUT2D eigenvalue weighted by atomic mass is 32.1. The zero-order valence-electron chi connectivity index (χ0n) is 14.6. The average Bonchev–Trinajstić information content (AvgIpc) is 3.24. The van der Waals surface area contributed by atoms with Crippen molar-refractivity contribution in [3.8, 4) is 0 Å². The molecular formula is C18H18N6OS. The Labute approximate surface area is 154 Å². The Hall–Kier alpha value is -3.00. The number of benzene rings is 1. The maximum atomic E-state index is 13.1. The monoisotopic (exact) mass is 366 g/mol. The summed E-state index contributed by atoms with van der Waals surface area (Å²) in [7, 11) is 0. The Kier molecular flexibility index (Phi) is 4.04. The Morgan fingerprint density at radius 1 is 1.19 bits per heavy atom. The van der Waals surface area contributed by atoms with Crippen molar-refractivity contribution >= 4 is 28.9 Å². The first kappa shape index (κ1) is 16.5. The van der Waals surface area contributed by atoms with Gasteiger partial charge in [0.25, 0.3) is 5.91 Å². The molecule has 3 aromatic rings. The van der Waals surface area contributed by atoms with Crippen molar-refractivity contribution < 1.29 is 4.79 Å². The van der Waals surface area contributed by atoms with Crippen LogP contribution in [-0.2, 0) is 4.79 Å². The number of tetrazole rings is 1. The summed E-state index contributed by atoms with van der Waals surface area (Å²) in [6.07, 6.45) is 0. The van der Waals surface area contributed by atoms with Gasteiger partial charge in [0.15, 0.2) is 0 Å². The first-order valence-corrected chi connectivity index (χ1v) is 9.10. The molecule has 1 aliphatic heterocycles. The maximum Gasteiger partial charge on any atom is 0.255 e. The van der Waals surface area contributed by atoms with E-state index in [0.29, 0.717) is 11.5 Å². The topological polar surface area (TPSA) is 84.7 Å². The second-order valence-corrected chi connectivity index (χ2v) is 7.25. The van der Waals surface area contributed by atoms with Crippen LogP contribution in [-0.4, -0.2) is 26.1 Å². The minimum Gasteiger partial charge on any atom is -0.326 e. The molecule has 0 bridgehead atoms. The van der Waals surface area contributed by atoms with Gasteiger partial charge in [-0.25, -0.2) is 0 Å². The van der Waals surface area contributed by atoms with Gasteiger partial charge in [0.05, 0.1) is 5.57 Å². The lowest BCUT2D eigenvalue weighted by atomic mass is 9.98. The van der Waals surface area contributed by atoms with Gasteiger partial charge in [-0.05, 0) is 60.3 Å². The number of fused-ring (bicyclic) bond motifs is 1. The summed E-state index contributed by atoms with van der Waals surface area (Å²) in [5.41, 5.74) is 4.36. The third kappa shape index (κ3) is 2.78. The van der Waals surface area contributed by atoms with Crippen LogP contribution < -0.4 is 10.6 Å². The Morgan fingerprint density at radius 3 is 2.65 bits per heavy atom. The van der Waals surface area contributed by atoms with Crippen molar-refractivity contribution in [1.82, 2.24) is 20.2 Å². The largest absolute Gasteiger partial charge is 0.326 e. The molecule has 26 heavy (non-hydrogen) atoms. The van der Waals surface area contributed by atoms with E-state index >= 15 is 0 Å². The number of carbonyl (C=O) groups is 1. The number of rotatable bonds is 3. The summed E-state index contributed by atoms with van der Waals surface area (Å²) in [5.74, 6) is 0.366. The van der Waals surface area contributed by atoms with Gasteiger partial charge in [0.2, 0.25) is 5.95 Å². The lowest BCUT2D eigenvalue weighted by Gasteiger charge is -2.27. The van der Waals surface area contributed by atoms with E-state index in [9.17, 15) is 4.79 Å². The summed E-state index contributed by atoms with van der Waals surface area (Å²) >= 11 is 1.60. The third-order valence-electron chi connectivity index (χ3n) is 4.42. The van der Waals surface area contributed by atoms with Crippen LogP contribution in [0.5, 0.6) is 0 Å². The summed E-state index contributed by atoms with van der Waals surface area (Å²) < 4.78 is 1.66. The number of aromatic nitrogens is 4. The van der Waals surface area contributed by atoms with Gasteiger partial charge in [0, 0.05) is 16.3 Å². The Morgan fingerprint density at radius 2 is 1.96 bits per heavy atom. The SMILES string of the molecule is CC1=C(C(=O)Nc2ccc(C)cc2)C(c2sccc2C)n2nnnc2N1. The smallest absolute Gasteiger partial charge is 0.255 e. The number of aryl methyl sites for hydroxylation is 2. The maximum absolute atomic E-state index is 13.1. The van der Waals surface area contributed by atoms with E-state index in [1.165, 1.54) is 0 Å². The average molecular weight is 366 g/mol. The fourth-order valence-electron chi connectivity index (χ4n) is 3.05. The first-order chi connectivity index (χ1) is 12.5. The highest BCUT2D eigenvalue weighted by molar-refractivity contribution is 7.10. The minimum absolute atomic E-state index is 0.169. The highest BCUT2D eigenvalue weighted by Gasteiger charge is 2.35. The molecule has 1 unspecified atom stereocenters. The molecule has 0 saturated heterocycles. The van der Waals surface area contributed by atoms with Crippen LogP contribution in [0.25, 0.3) is 0 Å². The molecule has 0 fully saturated rings. The van der Waals surface area contributed by atoms with E-state index in [1.54, 1.807) is 16.0 Å². The second-order valence-electron chi connectivity index (χ2n) is 6.30. The highest BCUT2D eigenvalue weighted by Crippen LogP contribution is 2.38. The summed E-state index contributed by atoms with van der Waals surface area (Å²) in [5, 5.41) is 20.0. The molecule has 0 aliphatic carbocycles. The van der Waals surface area contributed by atoms with Gasteiger partial charge in [-0.1, -0.05) is 22.8 Å². The van der Waals surface area contributed by atoms with Crippen LogP contribution in [0.15, 0.2) is 47.0 Å². The van der Waals surface area contributed by atoms with Crippen molar-refractivity contribution in [3.63, 3.8) is 0 Å². The van der Waals surface area contributed by atoms with Crippen LogP contribution in [0.1, 0.15) is 29.0 Å². The molecule has 2 N–H and O–H groups in total. The number of allylic oxidation sites excluding steroid dienone is 1. The van der Waals surface area contributed by atoms with E-state index in [0.717, 1.165) is 27.4 Å². The number of anilines is 2. The number of hydrogen-bond donors (Lipinski definition) is 2. The van der Waals surface area contributed by atoms with Gasteiger partial charge in [0.1, 0.15) is 6.04 Å². The standard InChI is InChI=1S/C18H18N6OS/c1-10-4-6-13(7-5-10)20-17(25)14-12(3)19-18-21-22-23-24(18)15(14)16-11(2)8-9-26-16/h4-9,15H,1-3H3,(H,20,25)(H,19,21,23). The number of hydrogen-bond acceptors (Lipinski definition) is 6. The summed E-state index contributed by atoms with van der Waals surface area (Å²) in [6, 6.07) is 9.41. The molecular weight excluding hydrogens is 348 g/mol. The molecule has 7 nitrogen and oxygen atoms in total. The van der Waals surface area contributed by atoms with E-state index in [2.05, 4.69) is 26.2 Å². The number of amides is 1. The number of nitrogens with zero attached hydrogens (tertiary/aromatic N) is 4. The zero-order chi connectivity index (χ0) is 18.3. The van der Waals surface area contributed by atoms with Crippen molar-refractivity contribution in [1.29, 1.82) is 0 Å². The predicted octanol–water partition coefficient (Wildman–Crippen LogP) is 3.28. The van der Waals surface area contributed by atoms with Crippen molar-refractivity contribution in [2.45, 2.75) is 26.8 Å². The lowest BCUT2D eigenvalue weighted by Crippen LogP contribution is -2.31. The Bertz CT molecular complexity index is 1000.